The molecule has 0 aliphatic rings. The van der Waals surface area contributed by atoms with Gasteiger partial charge in [-0.25, -0.2) is 9.78 Å². The number of ether oxygens (including phenoxy) is 1. The number of aryl methyl sites for hydroxylation is 2. The van der Waals surface area contributed by atoms with E-state index in [4.69, 9.17) is 4.74 Å². The van der Waals surface area contributed by atoms with Crippen molar-refractivity contribution in [1.82, 2.24) is 9.38 Å². The summed E-state index contributed by atoms with van der Waals surface area (Å²) in [7, 11) is 0. The Labute approximate surface area is 179 Å². The summed E-state index contributed by atoms with van der Waals surface area (Å²) in [5.74, 6) is 0.480. The Morgan fingerprint density at radius 2 is 1.71 bits per heavy atom. The van der Waals surface area contributed by atoms with Crippen molar-refractivity contribution >= 4 is 23.1 Å². The first-order chi connectivity index (χ1) is 15.0. The number of anilines is 2. The monoisotopic (exact) mass is 414 g/mol. The van der Waals surface area contributed by atoms with Gasteiger partial charge in [-0.3, -0.25) is 9.20 Å². The maximum Gasteiger partial charge on any atom is 0.323 e. The highest BCUT2D eigenvalue weighted by molar-refractivity contribution is 6.00. The molecular weight excluding hydrogens is 392 g/mol. The first-order valence-corrected chi connectivity index (χ1v) is 9.83. The van der Waals surface area contributed by atoms with E-state index in [1.807, 2.05) is 44.2 Å². The number of hydrogen-bond donors (Lipinski definition) is 2. The van der Waals surface area contributed by atoms with Gasteiger partial charge in [0.05, 0.1) is 11.4 Å². The number of pyridine rings is 1. The van der Waals surface area contributed by atoms with Crippen LogP contribution in [-0.4, -0.2) is 15.4 Å². The third kappa shape index (κ3) is 4.90. The molecule has 2 amide bonds. The summed E-state index contributed by atoms with van der Waals surface area (Å²) in [5, 5.41) is 5.65. The van der Waals surface area contributed by atoms with Crippen LogP contribution in [0.2, 0.25) is 0 Å². The number of amides is 2. The Morgan fingerprint density at radius 3 is 2.52 bits per heavy atom. The van der Waals surface area contributed by atoms with Crippen molar-refractivity contribution in [2.75, 3.05) is 10.6 Å². The Morgan fingerprint density at radius 1 is 0.968 bits per heavy atom. The van der Waals surface area contributed by atoms with Gasteiger partial charge in [-0.15, -0.1) is 0 Å². The molecule has 2 N–H and O–H groups in total. The maximum atomic E-state index is 12.5. The molecule has 0 atom stereocenters. The van der Waals surface area contributed by atoms with E-state index >= 15 is 0 Å². The van der Waals surface area contributed by atoms with Gasteiger partial charge in [0, 0.05) is 18.0 Å². The van der Waals surface area contributed by atoms with Crippen molar-refractivity contribution < 1.29 is 9.53 Å². The molecule has 0 aliphatic carbocycles. The van der Waals surface area contributed by atoms with Crippen LogP contribution in [-0.2, 0) is 6.61 Å². The van der Waals surface area contributed by atoms with E-state index in [-0.39, 0.29) is 18.2 Å². The first-order valence-electron chi connectivity index (χ1n) is 9.83. The van der Waals surface area contributed by atoms with Gasteiger partial charge in [-0.2, -0.15) is 0 Å². The minimum atomic E-state index is -0.372. The van der Waals surface area contributed by atoms with Gasteiger partial charge in [0.25, 0.3) is 5.56 Å². The average Bonchev–Trinajstić information content (AvgIpc) is 2.72. The third-order valence-electron chi connectivity index (χ3n) is 4.61. The number of rotatable bonds is 5. The number of benzene rings is 2. The minimum Gasteiger partial charge on any atom is -0.485 e. The van der Waals surface area contributed by atoms with Crippen LogP contribution in [0, 0.1) is 13.8 Å². The molecule has 4 aromatic rings. The fourth-order valence-corrected chi connectivity index (χ4v) is 3.36. The molecule has 0 aliphatic heterocycles. The van der Waals surface area contributed by atoms with E-state index in [1.165, 1.54) is 10.5 Å². The van der Waals surface area contributed by atoms with Crippen molar-refractivity contribution in [2.24, 2.45) is 0 Å². The van der Waals surface area contributed by atoms with Crippen LogP contribution in [0.1, 0.15) is 16.8 Å². The molecule has 31 heavy (non-hydrogen) atoms. The van der Waals surface area contributed by atoms with Crippen LogP contribution in [0.4, 0.5) is 16.2 Å². The van der Waals surface area contributed by atoms with Crippen molar-refractivity contribution in [1.29, 1.82) is 0 Å². The standard InChI is InChI=1S/C24H22N4O3/c1-16-11-17(2)13-18(12-16)26-24(30)27-20-7-3-4-8-21(20)31-15-19-14-23(29)28-10-6-5-9-22(28)25-19/h3-14H,15H2,1-2H3,(H2,26,27,30). The molecule has 0 spiro atoms. The highest BCUT2D eigenvalue weighted by Crippen LogP contribution is 2.25. The highest BCUT2D eigenvalue weighted by Gasteiger charge is 2.10. The van der Waals surface area contributed by atoms with E-state index in [9.17, 15) is 9.59 Å². The Kier molecular flexibility index (Phi) is 5.66. The van der Waals surface area contributed by atoms with E-state index in [2.05, 4.69) is 15.6 Å². The largest absolute Gasteiger partial charge is 0.485 e. The minimum absolute atomic E-state index is 0.0953. The Balaban J connectivity index is 1.47. The molecule has 2 aromatic heterocycles. The van der Waals surface area contributed by atoms with Gasteiger partial charge in [-0.1, -0.05) is 24.3 Å². The smallest absolute Gasteiger partial charge is 0.323 e. The quantitative estimate of drug-likeness (QED) is 0.502. The second kappa shape index (κ2) is 8.71. The number of para-hydroxylation sites is 2. The van der Waals surface area contributed by atoms with Crippen LogP contribution in [0.5, 0.6) is 5.75 Å². The summed E-state index contributed by atoms with van der Waals surface area (Å²) < 4.78 is 7.33. The number of fused-ring (bicyclic) bond motifs is 1. The number of hydrogen-bond acceptors (Lipinski definition) is 4. The lowest BCUT2D eigenvalue weighted by molar-refractivity contribution is 0.261. The SMILES string of the molecule is Cc1cc(C)cc(NC(=O)Nc2ccccc2OCc2cc(=O)n3ccccc3n2)c1. The summed E-state index contributed by atoms with van der Waals surface area (Å²) in [5.41, 5.74) is 4.24. The average molecular weight is 414 g/mol. The van der Waals surface area contributed by atoms with Crippen molar-refractivity contribution in [3.05, 3.63) is 100 Å². The number of urea groups is 1. The van der Waals surface area contributed by atoms with Gasteiger partial charge in [-0.05, 0) is 61.4 Å². The van der Waals surface area contributed by atoms with Crippen LogP contribution in [0.15, 0.2) is 77.7 Å². The van der Waals surface area contributed by atoms with Crippen molar-refractivity contribution in [3.8, 4) is 5.75 Å². The normalized spacial score (nSPS) is 10.6. The number of nitrogens with zero attached hydrogens (tertiary/aromatic N) is 2. The summed E-state index contributed by atoms with van der Waals surface area (Å²) in [6.07, 6.45) is 1.67. The van der Waals surface area contributed by atoms with Gasteiger partial charge in [0.15, 0.2) is 0 Å². The number of nitrogens with one attached hydrogen (secondary N) is 2. The van der Waals surface area contributed by atoms with Crippen molar-refractivity contribution in [3.63, 3.8) is 0 Å². The summed E-state index contributed by atoms with van der Waals surface area (Å²) >= 11 is 0. The number of aromatic nitrogens is 2. The lowest BCUT2D eigenvalue weighted by Gasteiger charge is -2.13. The number of carbonyl (C=O) groups is 1. The zero-order valence-corrected chi connectivity index (χ0v) is 17.3. The molecule has 4 rings (SSSR count). The molecule has 0 saturated carbocycles. The molecule has 7 nitrogen and oxygen atoms in total. The first kappa shape index (κ1) is 20.2. The van der Waals surface area contributed by atoms with Crippen LogP contribution < -0.4 is 20.9 Å². The second-order valence-corrected chi connectivity index (χ2v) is 7.25. The molecule has 0 radical (unpaired) electrons. The fourth-order valence-electron chi connectivity index (χ4n) is 3.36. The van der Waals surface area contributed by atoms with Gasteiger partial charge in [0.1, 0.15) is 18.0 Å². The fraction of sp³-hybridized carbons (Fsp3) is 0.125. The molecule has 7 heteroatoms. The zero-order chi connectivity index (χ0) is 21.8. The van der Waals surface area contributed by atoms with Gasteiger partial charge >= 0.3 is 6.03 Å². The lowest BCUT2D eigenvalue weighted by Crippen LogP contribution is -2.20. The topological polar surface area (TPSA) is 84.7 Å². The Bertz CT molecular complexity index is 1290. The molecular formula is C24H22N4O3. The Hall–Kier alpha value is -4.13. The molecule has 156 valence electrons. The number of carbonyl (C=O) groups excluding carboxylic acids is 1. The van der Waals surface area contributed by atoms with Crippen molar-refractivity contribution in [2.45, 2.75) is 20.5 Å². The third-order valence-corrected chi connectivity index (χ3v) is 4.61. The van der Waals surface area contributed by atoms with Gasteiger partial charge < -0.3 is 15.4 Å². The van der Waals surface area contributed by atoms with E-state index in [1.54, 1.807) is 36.5 Å². The molecule has 0 saturated heterocycles. The molecule has 0 bridgehead atoms. The predicted octanol–water partition coefficient (Wildman–Crippen LogP) is 4.53. The summed E-state index contributed by atoms with van der Waals surface area (Å²) in [6.45, 7) is 4.05. The van der Waals surface area contributed by atoms with Gasteiger partial charge in [0.2, 0.25) is 0 Å². The second-order valence-electron chi connectivity index (χ2n) is 7.25. The maximum absolute atomic E-state index is 12.5. The van der Waals surface area contributed by atoms with E-state index in [0.717, 1.165) is 11.1 Å². The molecule has 2 aromatic carbocycles. The molecule has 2 heterocycles. The van der Waals surface area contributed by atoms with E-state index < -0.39 is 0 Å². The van der Waals surface area contributed by atoms with Crippen LogP contribution in [0.25, 0.3) is 5.65 Å². The molecule has 0 fully saturated rings. The highest BCUT2D eigenvalue weighted by atomic mass is 16.5. The summed E-state index contributed by atoms with van der Waals surface area (Å²) in [6, 6.07) is 19.4. The summed E-state index contributed by atoms with van der Waals surface area (Å²) in [4.78, 5) is 29.2. The van der Waals surface area contributed by atoms with Crippen LogP contribution in [0.3, 0.4) is 0 Å². The molecule has 0 unspecified atom stereocenters. The van der Waals surface area contributed by atoms with Crippen LogP contribution >= 0.6 is 0 Å². The lowest BCUT2D eigenvalue weighted by atomic mass is 10.1. The van der Waals surface area contributed by atoms with E-state index in [0.29, 0.717) is 28.5 Å². The zero-order valence-electron chi connectivity index (χ0n) is 17.3. The predicted molar refractivity (Wildman–Crippen MR) is 121 cm³/mol.